The molecule has 0 amide bonds. The Morgan fingerprint density at radius 2 is 1.27 bits per heavy atom. The van der Waals surface area contributed by atoms with Gasteiger partial charge >= 0.3 is 0 Å². The Hall–Kier alpha value is -0.0800. The van der Waals surface area contributed by atoms with Crippen molar-refractivity contribution in [2.24, 2.45) is 0 Å². The normalized spacial score (nSPS) is 11.6. The van der Waals surface area contributed by atoms with Crippen LogP contribution in [0.5, 0.6) is 0 Å². The van der Waals surface area contributed by atoms with Crippen LogP contribution in [0.4, 0.5) is 0 Å². The molecule has 0 aromatic heterocycles. The monoisotopic (exact) mass is 214 g/mol. The van der Waals surface area contributed by atoms with E-state index in [1.807, 2.05) is 0 Å². The lowest BCUT2D eigenvalue weighted by Gasteiger charge is -2.21. The van der Waals surface area contributed by atoms with Crippen LogP contribution in [0.3, 0.4) is 0 Å². The highest BCUT2D eigenvalue weighted by molar-refractivity contribution is 4.58. The van der Waals surface area contributed by atoms with E-state index in [0.717, 1.165) is 0 Å². The predicted molar refractivity (Wildman–Crippen MR) is 69.4 cm³/mol. The minimum Gasteiger partial charge on any atom is -0.309 e. The van der Waals surface area contributed by atoms with Gasteiger partial charge in [-0.15, -0.1) is 0 Å². The molecule has 2 heteroatoms. The van der Waals surface area contributed by atoms with Gasteiger partial charge in [-0.3, -0.25) is 0 Å². The summed E-state index contributed by atoms with van der Waals surface area (Å²) in [5, 5.41) is 0. The molecule has 0 saturated carbocycles. The summed E-state index contributed by atoms with van der Waals surface area (Å²) in [6.45, 7) is 9.65. The van der Waals surface area contributed by atoms with Gasteiger partial charge in [0.15, 0.2) is 0 Å². The Morgan fingerprint density at radius 3 is 1.80 bits per heavy atom. The van der Waals surface area contributed by atoms with E-state index in [1.54, 1.807) is 0 Å². The summed E-state index contributed by atoms with van der Waals surface area (Å²) in [6, 6.07) is 0. The van der Waals surface area contributed by atoms with Crippen LogP contribution in [-0.2, 0) is 0 Å². The Balaban J connectivity index is 3.47. The summed E-state index contributed by atoms with van der Waals surface area (Å²) >= 11 is 0. The van der Waals surface area contributed by atoms with Crippen LogP contribution in [0.25, 0.3) is 0 Å². The zero-order valence-corrected chi connectivity index (χ0v) is 11.3. The van der Waals surface area contributed by atoms with Crippen molar-refractivity contribution in [3.63, 3.8) is 0 Å². The van der Waals surface area contributed by atoms with Gasteiger partial charge in [0.2, 0.25) is 0 Å². The van der Waals surface area contributed by atoms with Crippen LogP contribution in [0, 0.1) is 0 Å². The van der Waals surface area contributed by atoms with Gasteiger partial charge in [0.05, 0.1) is 0 Å². The van der Waals surface area contributed by atoms with Crippen molar-refractivity contribution in [2.75, 3.05) is 40.3 Å². The van der Waals surface area contributed by atoms with Gasteiger partial charge in [0.25, 0.3) is 0 Å². The first-order valence-corrected chi connectivity index (χ1v) is 6.57. The van der Waals surface area contributed by atoms with Gasteiger partial charge in [0.1, 0.15) is 0 Å². The summed E-state index contributed by atoms with van der Waals surface area (Å²) in [4.78, 5) is 4.90. The largest absolute Gasteiger partial charge is 0.309 e. The summed E-state index contributed by atoms with van der Waals surface area (Å²) in [7, 11) is 4.31. The van der Waals surface area contributed by atoms with E-state index >= 15 is 0 Å². The van der Waals surface area contributed by atoms with Gasteiger partial charge in [0, 0.05) is 0 Å². The number of hydrogen-bond acceptors (Lipinski definition) is 2. The van der Waals surface area contributed by atoms with E-state index in [4.69, 9.17) is 0 Å². The summed E-state index contributed by atoms with van der Waals surface area (Å²) in [6.07, 6.45) is 6.64. The standard InChI is InChI=1S/C13H30N2/c1-5-7-12-15(10-6-2)13-9-8-11-14(3)4/h5-13H2,1-4H3. The maximum absolute atomic E-state index is 2.62. The maximum atomic E-state index is 2.62. The zero-order chi connectivity index (χ0) is 11.5. The van der Waals surface area contributed by atoms with Gasteiger partial charge in [-0.1, -0.05) is 20.3 Å². The second-order valence-electron chi connectivity index (χ2n) is 4.71. The highest BCUT2D eigenvalue weighted by Gasteiger charge is 2.02. The molecule has 0 rings (SSSR count). The molecule has 0 N–H and O–H groups in total. The van der Waals surface area contributed by atoms with Crippen LogP contribution in [0.2, 0.25) is 0 Å². The quantitative estimate of drug-likeness (QED) is 0.516. The van der Waals surface area contributed by atoms with Crippen molar-refractivity contribution in [1.29, 1.82) is 0 Å². The van der Waals surface area contributed by atoms with Crippen molar-refractivity contribution in [3.8, 4) is 0 Å². The van der Waals surface area contributed by atoms with Crippen molar-refractivity contribution in [1.82, 2.24) is 9.80 Å². The third-order valence-electron chi connectivity index (χ3n) is 2.70. The summed E-state index contributed by atoms with van der Waals surface area (Å²) in [5.74, 6) is 0. The van der Waals surface area contributed by atoms with E-state index in [1.165, 1.54) is 58.3 Å². The Labute approximate surface area is 96.6 Å². The minimum absolute atomic E-state index is 1.23. The fourth-order valence-corrected chi connectivity index (χ4v) is 1.80. The van der Waals surface area contributed by atoms with Crippen LogP contribution in [0.1, 0.15) is 46.0 Å². The molecule has 0 aromatic rings. The van der Waals surface area contributed by atoms with Gasteiger partial charge in [-0.05, 0) is 66.0 Å². The maximum Gasteiger partial charge on any atom is -0.00183 e. The molecule has 92 valence electrons. The lowest BCUT2D eigenvalue weighted by atomic mass is 10.2. The molecule has 0 saturated heterocycles. The number of nitrogens with zero attached hydrogens (tertiary/aromatic N) is 2. The fourth-order valence-electron chi connectivity index (χ4n) is 1.80. The first-order chi connectivity index (χ1) is 7.20. The molecule has 0 heterocycles. The Morgan fingerprint density at radius 1 is 0.667 bits per heavy atom. The molecule has 0 bridgehead atoms. The SMILES string of the molecule is CCCCN(CCC)CCCCN(C)C. The van der Waals surface area contributed by atoms with Crippen LogP contribution in [0.15, 0.2) is 0 Å². The van der Waals surface area contributed by atoms with Crippen molar-refractivity contribution < 1.29 is 0 Å². The van der Waals surface area contributed by atoms with Crippen molar-refractivity contribution in [3.05, 3.63) is 0 Å². The van der Waals surface area contributed by atoms with E-state index in [9.17, 15) is 0 Å². The smallest absolute Gasteiger partial charge is 0.00183 e. The van der Waals surface area contributed by atoms with Gasteiger partial charge in [-0.25, -0.2) is 0 Å². The average molecular weight is 214 g/mol. The zero-order valence-electron chi connectivity index (χ0n) is 11.3. The molecule has 0 aliphatic carbocycles. The molecular formula is C13H30N2. The molecule has 0 atom stereocenters. The lowest BCUT2D eigenvalue weighted by Crippen LogP contribution is -2.27. The highest BCUT2D eigenvalue weighted by Crippen LogP contribution is 2.00. The Bertz CT molecular complexity index is 124. The van der Waals surface area contributed by atoms with Crippen molar-refractivity contribution >= 4 is 0 Å². The topological polar surface area (TPSA) is 6.48 Å². The Kier molecular flexibility index (Phi) is 10.4. The second kappa shape index (κ2) is 10.4. The predicted octanol–water partition coefficient (Wildman–Crippen LogP) is 2.84. The summed E-state index contributed by atoms with van der Waals surface area (Å²) < 4.78 is 0. The van der Waals surface area contributed by atoms with E-state index in [2.05, 4.69) is 37.7 Å². The first kappa shape index (κ1) is 14.9. The molecule has 15 heavy (non-hydrogen) atoms. The third kappa shape index (κ3) is 10.2. The lowest BCUT2D eigenvalue weighted by molar-refractivity contribution is 0.258. The molecular weight excluding hydrogens is 184 g/mol. The number of hydrogen-bond donors (Lipinski definition) is 0. The van der Waals surface area contributed by atoms with E-state index < -0.39 is 0 Å². The molecule has 0 spiro atoms. The van der Waals surface area contributed by atoms with E-state index in [-0.39, 0.29) is 0 Å². The first-order valence-electron chi connectivity index (χ1n) is 6.57. The third-order valence-corrected chi connectivity index (χ3v) is 2.70. The average Bonchev–Trinajstić information content (AvgIpc) is 2.20. The molecule has 0 unspecified atom stereocenters. The second-order valence-corrected chi connectivity index (χ2v) is 4.71. The van der Waals surface area contributed by atoms with Crippen LogP contribution < -0.4 is 0 Å². The molecule has 0 aliphatic heterocycles. The molecule has 0 radical (unpaired) electrons. The van der Waals surface area contributed by atoms with Gasteiger partial charge < -0.3 is 9.80 Å². The molecule has 0 fully saturated rings. The van der Waals surface area contributed by atoms with Crippen LogP contribution in [-0.4, -0.2) is 50.1 Å². The van der Waals surface area contributed by atoms with E-state index in [0.29, 0.717) is 0 Å². The minimum atomic E-state index is 1.23. The number of rotatable bonds is 10. The summed E-state index contributed by atoms with van der Waals surface area (Å²) in [5.41, 5.74) is 0. The van der Waals surface area contributed by atoms with Crippen molar-refractivity contribution in [2.45, 2.75) is 46.0 Å². The van der Waals surface area contributed by atoms with Crippen LogP contribution >= 0.6 is 0 Å². The molecule has 0 aliphatic rings. The molecule has 2 nitrogen and oxygen atoms in total. The highest BCUT2D eigenvalue weighted by atomic mass is 15.1. The molecule has 0 aromatic carbocycles. The van der Waals surface area contributed by atoms with Gasteiger partial charge in [-0.2, -0.15) is 0 Å². The fraction of sp³-hybridized carbons (Fsp3) is 1.00. The number of unbranched alkanes of at least 4 members (excludes halogenated alkanes) is 2.